The van der Waals surface area contributed by atoms with Crippen molar-refractivity contribution in [1.82, 2.24) is 20.1 Å². The predicted molar refractivity (Wildman–Crippen MR) is 69.2 cm³/mol. The Morgan fingerprint density at radius 1 is 1.50 bits per heavy atom. The van der Waals surface area contributed by atoms with Gasteiger partial charge in [-0.1, -0.05) is 6.07 Å². The van der Waals surface area contributed by atoms with Gasteiger partial charge < -0.3 is 10.4 Å². The van der Waals surface area contributed by atoms with Crippen LogP contribution >= 0.6 is 0 Å². The number of rotatable bonds is 4. The van der Waals surface area contributed by atoms with Crippen molar-refractivity contribution in [1.29, 1.82) is 0 Å². The Labute approximate surface area is 114 Å². The van der Waals surface area contributed by atoms with Crippen LogP contribution in [-0.2, 0) is 20.2 Å². The minimum atomic E-state index is -0.472. The van der Waals surface area contributed by atoms with E-state index in [0.717, 1.165) is 0 Å². The number of aromatic nitrogens is 3. The number of anilines is 1. The summed E-state index contributed by atoms with van der Waals surface area (Å²) in [6, 6.07) is 3.84. The topological polar surface area (TPSA) is 92.1 Å². The van der Waals surface area contributed by atoms with Crippen LogP contribution in [0.15, 0.2) is 24.5 Å². The standard InChI is InChI=1S/C12H14FN5O2/c1-18-11(15-7-16-18)17-12(20)14-5-8-2-3-10(13)9(4-8)6-19/h2-4,7,19H,5-6H2,1H3,(H2,14,15,16,17,20). The quantitative estimate of drug-likeness (QED) is 0.770. The van der Waals surface area contributed by atoms with E-state index < -0.39 is 11.8 Å². The van der Waals surface area contributed by atoms with Crippen molar-refractivity contribution in [3.05, 3.63) is 41.5 Å². The zero-order valence-electron chi connectivity index (χ0n) is 10.8. The van der Waals surface area contributed by atoms with Crippen LogP contribution in [-0.4, -0.2) is 25.9 Å². The smallest absolute Gasteiger partial charge is 0.321 e. The Balaban J connectivity index is 1.92. The molecule has 106 valence electrons. The van der Waals surface area contributed by atoms with Gasteiger partial charge in [0.1, 0.15) is 12.1 Å². The lowest BCUT2D eigenvalue weighted by Gasteiger charge is -2.08. The van der Waals surface area contributed by atoms with Crippen molar-refractivity contribution in [3.8, 4) is 0 Å². The van der Waals surface area contributed by atoms with E-state index in [1.165, 1.54) is 29.2 Å². The lowest BCUT2D eigenvalue weighted by Crippen LogP contribution is -2.29. The number of aliphatic hydroxyl groups excluding tert-OH is 1. The highest BCUT2D eigenvalue weighted by atomic mass is 19.1. The minimum Gasteiger partial charge on any atom is -0.392 e. The van der Waals surface area contributed by atoms with Gasteiger partial charge in [0.2, 0.25) is 5.95 Å². The molecule has 3 N–H and O–H groups in total. The van der Waals surface area contributed by atoms with E-state index in [-0.39, 0.29) is 18.7 Å². The summed E-state index contributed by atoms with van der Waals surface area (Å²) in [5.74, 6) is -0.155. The Morgan fingerprint density at radius 2 is 2.30 bits per heavy atom. The molecule has 1 aromatic carbocycles. The molecule has 2 amide bonds. The molecule has 0 radical (unpaired) electrons. The molecule has 8 heteroatoms. The largest absolute Gasteiger partial charge is 0.392 e. The Kier molecular flexibility index (Phi) is 4.26. The number of amides is 2. The lowest BCUT2D eigenvalue weighted by molar-refractivity contribution is 0.251. The molecule has 0 atom stereocenters. The summed E-state index contributed by atoms with van der Waals surface area (Å²) in [5, 5.41) is 17.9. The number of urea groups is 1. The van der Waals surface area contributed by atoms with Gasteiger partial charge in [0.25, 0.3) is 0 Å². The van der Waals surface area contributed by atoms with Gasteiger partial charge in [-0.2, -0.15) is 10.1 Å². The van der Waals surface area contributed by atoms with Gasteiger partial charge in [-0.05, 0) is 17.7 Å². The second-order valence-corrected chi connectivity index (χ2v) is 4.10. The van der Waals surface area contributed by atoms with Gasteiger partial charge in [0.15, 0.2) is 0 Å². The average Bonchev–Trinajstić information content (AvgIpc) is 2.83. The van der Waals surface area contributed by atoms with Crippen LogP contribution in [0.1, 0.15) is 11.1 Å². The number of hydrogen-bond acceptors (Lipinski definition) is 4. The first-order valence-corrected chi connectivity index (χ1v) is 5.87. The van der Waals surface area contributed by atoms with Crippen molar-refractivity contribution in [2.45, 2.75) is 13.2 Å². The fraction of sp³-hybridized carbons (Fsp3) is 0.250. The molecule has 0 fully saturated rings. The molecule has 1 aromatic heterocycles. The molecule has 7 nitrogen and oxygen atoms in total. The van der Waals surface area contributed by atoms with Gasteiger partial charge in [-0.25, -0.2) is 13.9 Å². The first kappa shape index (κ1) is 13.9. The van der Waals surface area contributed by atoms with Crippen LogP contribution in [0.25, 0.3) is 0 Å². The number of nitrogens with one attached hydrogen (secondary N) is 2. The van der Waals surface area contributed by atoms with E-state index in [1.807, 2.05) is 0 Å². The van der Waals surface area contributed by atoms with Gasteiger partial charge in [-0.15, -0.1) is 0 Å². The average molecular weight is 279 g/mol. The van der Waals surface area contributed by atoms with Crippen molar-refractivity contribution < 1.29 is 14.3 Å². The fourth-order valence-electron chi connectivity index (χ4n) is 1.60. The Bertz CT molecular complexity index is 614. The predicted octanol–water partition coefficient (Wildman–Crippen LogP) is 0.768. The molecule has 20 heavy (non-hydrogen) atoms. The third-order valence-electron chi connectivity index (χ3n) is 2.67. The zero-order valence-corrected chi connectivity index (χ0v) is 10.8. The maximum atomic E-state index is 13.2. The summed E-state index contributed by atoms with van der Waals surface area (Å²) in [7, 11) is 1.65. The maximum absolute atomic E-state index is 13.2. The Hall–Kier alpha value is -2.48. The molecule has 0 unspecified atom stereocenters. The molecule has 0 saturated carbocycles. The summed E-state index contributed by atoms with van der Waals surface area (Å²) < 4.78 is 14.6. The number of halogens is 1. The second kappa shape index (κ2) is 6.11. The summed E-state index contributed by atoms with van der Waals surface area (Å²) in [4.78, 5) is 15.5. The first-order chi connectivity index (χ1) is 9.60. The van der Waals surface area contributed by atoms with Crippen molar-refractivity contribution in [2.24, 2.45) is 7.05 Å². The van der Waals surface area contributed by atoms with Crippen LogP contribution in [0.4, 0.5) is 15.1 Å². The first-order valence-electron chi connectivity index (χ1n) is 5.87. The highest BCUT2D eigenvalue weighted by Gasteiger charge is 2.07. The van der Waals surface area contributed by atoms with Crippen LogP contribution in [0.5, 0.6) is 0 Å². The van der Waals surface area contributed by atoms with E-state index in [2.05, 4.69) is 20.7 Å². The lowest BCUT2D eigenvalue weighted by atomic mass is 10.1. The molecule has 0 aliphatic heterocycles. The van der Waals surface area contributed by atoms with Gasteiger partial charge >= 0.3 is 6.03 Å². The van der Waals surface area contributed by atoms with Crippen molar-refractivity contribution in [3.63, 3.8) is 0 Å². The number of aryl methyl sites for hydroxylation is 1. The molecule has 0 bridgehead atoms. The molecule has 0 saturated heterocycles. The van der Waals surface area contributed by atoms with Crippen LogP contribution < -0.4 is 10.6 Å². The number of nitrogens with zero attached hydrogens (tertiary/aromatic N) is 3. The molecule has 1 heterocycles. The Morgan fingerprint density at radius 3 is 2.95 bits per heavy atom. The number of carbonyl (C=O) groups is 1. The van der Waals surface area contributed by atoms with Crippen molar-refractivity contribution >= 4 is 12.0 Å². The normalized spacial score (nSPS) is 10.3. The zero-order chi connectivity index (χ0) is 14.5. The number of hydrogen-bond donors (Lipinski definition) is 3. The fourth-order valence-corrected chi connectivity index (χ4v) is 1.60. The van der Waals surface area contributed by atoms with Crippen LogP contribution in [0.2, 0.25) is 0 Å². The number of aliphatic hydroxyl groups is 1. The minimum absolute atomic E-state index is 0.193. The van der Waals surface area contributed by atoms with Gasteiger partial charge in [0, 0.05) is 19.2 Å². The SMILES string of the molecule is Cn1ncnc1NC(=O)NCc1ccc(F)c(CO)c1. The molecule has 0 spiro atoms. The monoisotopic (exact) mass is 279 g/mol. The molecular formula is C12H14FN5O2. The van der Waals surface area contributed by atoms with Crippen molar-refractivity contribution in [2.75, 3.05) is 5.32 Å². The van der Waals surface area contributed by atoms with E-state index in [4.69, 9.17) is 5.11 Å². The summed E-state index contributed by atoms with van der Waals surface area (Å²) in [5.41, 5.74) is 0.876. The highest BCUT2D eigenvalue weighted by molar-refractivity contribution is 5.87. The summed E-state index contributed by atoms with van der Waals surface area (Å²) in [6.45, 7) is -0.179. The molecule has 0 aliphatic carbocycles. The third kappa shape index (κ3) is 3.29. The number of carbonyl (C=O) groups excluding carboxylic acids is 1. The molecule has 2 aromatic rings. The molecule has 2 rings (SSSR count). The van der Waals surface area contributed by atoms with E-state index in [1.54, 1.807) is 7.05 Å². The summed E-state index contributed by atoms with van der Waals surface area (Å²) in [6.07, 6.45) is 1.32. The van der Waals surface area contributed by atoms with E-state index >= 15 is 0 Å². The van der Waals surface area contributed by atoms with Crippen LogP contribution in [0, 0.1) is 5.82 Å². The molecule has 0 aliphatic rings. The van der Waals surface area contributed by atoms with Crippen LogP contribution in [0.3, 0.4) is 0 Å². The van der Waals surface area contributed by atoms with E-state index in [0.29, 0.717) is 11.5 Å². The van der Waals surface area contributed by atoms with Gasteiger partial charge in [0.05, 0.1) is 6.61 Å². The number of benzene rings is 1. The third-order valence-corrected chi connectivity index (χ3v) is 2.67. The van der Waals surface area contributed by atoms with Gasteiger partial charge in [-0.3, -0.25) is 5.32 Å². The highest BCUT2D eigenvalue weighted by Crippen LogP contribution is 2.10. The molecular weight excluding hydrogens is 265 g/mol. The van der Waals surface area contributed by atoms with E-state index in [9.17, 15) is 9.18 Å². The summed E-state index contributed by atoms with van der Waals surface area (Å²) >= 11 is 0. The maximum Gasteiger partial charge on any atom is 0.321 e. The second-order valence-electron chi connectivity index (χ2n) is 4.10.